The third-order valence-electron chi connectivity index (χ3n) is 2.77. The molecule has 0 heterocycles. The number of aliphatic hydroxyl groups is 1. The molecule has 0 aliphatic carbocycles. The lowest BCUT2D eigenvalue weighted by molar-refractivity contribution is 0.281. The first-order valence-corrected chi connectivity index (χ1v) is 6.63. The van der Waals surface area contributed by atoms with E-state index in [0.29, 0.717) is 22.4 Å². The zero-order chi connectivity index (χ0) is 13.8. The predicted octanol–water partition coefficient (Wildman–Crippen LogP) is 4.37. The Labute approximate surface area is 122 Å². The van der Waals surface area contributed by atoms with E-state index in [2.05, 4.69) is 0 Å². The second-order valence-electron chi connectivity index (χ2n) is 4.31. The standard InChI is InChI=1S/C15H14Cl2O2/c1-10-2-4-12(13(16)6-10)9-19-15-5-3-11(8-18)7-14(15)17/h2-7,18H,8-9H2,1H3. The second-order valence-corrected chi connectivity index (χ2v) is 5.12. The molecule has 0 aliphatic heterocycles. The summed E-state index contributed by atoms with van der Waals surface area (Å²) < 4.78 is 5.65. The third kappa shape index (κ3) is 3.63. The Balaban J connectivity index is 2.10. The van der Waals surface area contributed by atoms with Gasteiger partial charge in [-0.05, 0) is 36.2 Å². The highest BCUT2D eigenvalue weighted by molar-refractivity contribution is 6.32. The van der Waals surface area contributed by atoms with E-state index in [9.17, 15) is 0 Å². The molecule has 0 atom stereocenters. The van der Waals surface area contributed by atoms with Gasteiger partial charge in [0.2, 0.25) is 0 Å². The zero-order valence-corrected chi connectivity index (χ0v) is 12.0. The van der Waals surface area contributed by atoms with E-state index in [0.717, 1.165) is 16.7 Å². The van der Waals surface area contributed by atoms with Gasteiger partial charge in [-0.1, -0.05) is 41.4 Å². The largest absolute Gasteiger partial charge is 0.487 e. The van der Waals surface area contributed by atoms with Crippen molar-refractivity contribution < 1.29 is 9.84 Å². The molecular formula is C15H14Cl2O2. The Kier molecular flexibility index (Phi) is 4.70. The first kappa shape index (κ1) is 14.2. The van der Waals surface area contributed by atoms with Gasteiger partial charge in [0.15, 0.2) is 0 Å². The number of aryl methyl sites for hydroxylation is 1. The number of halogens is 2. The maximum Gasteiger partial charge on any atom is 0.138 e. The Morgan fingerprint density at radius 1 is 1.05 bits per heavy atom. The predicted molar refractivity (Wildman–Crippen MR) is 77.9 cm³/mol. The molecule has 0 spiro atoms. The molecule has 2 nitrogen and oxygen atoms in total. The average molecular weight is 297 g/mol. The zero-order valence-electron chi connectivity index (χ0n) is 10.5. The van der Waals surface area contributed by atoms with Gasteiger partial charge in [0.25, 0.3) is 0 Å². The molecule has 2 aromatic carbocycles. The van der Waals surface area contributed by atoms with E-state index in [4.69, 9.17) is 33.0 Å². The molecule has 0 saturated carbocycles. The molecule has 0 saturated heterocycles. The Hall–Kier alpha value is -1.22. The van der Waals surface area contributed by atoms with Crippen molar-refractivity contribution in [1.29, 1.82) is 0 Å². The lowest BCUT2D eigenvalue weighted by Gasteiger charge is -2.10. The molecule has 19 heavy (non-hydrogen) atoms. The Bertz CT molecular complexity index is 582. The SMILES string of the molecule is Cc1ccc(COc2ccc(CO)cc2Cl)c(Cl)c1. The molecule has 2 rings (SSSR count). The number of ether oxygens (including phenoxy) is 1. The van der Waals surface area contributed by atoms with Gasteiger partial charge >= 0.3 is 0 Å². The molecule has 100 valence electrons. The summed E-state index contributed by atoms with van der Waals surface area (Å²) in [5.41, 5.74) is 2.78. The smallest absolute Gasteiger partial charge is 0.138 e. The lowest BCUT2D eigenvalue weighted by atomic mass is 10.1. The molecule has 1 N–H and O–H groups in total. The quantitative estimate of drug-likeness (QED) is 0.908. The molecule has 0 aliphatic rings. The highest BCUT2D eigenvalue weighted by atomic mass is 35.5. The summed E-state index contributed by atoms with van der Waals surface area (Å²) in [6.07, 6.45) is 0. The van der Waals surface area contributed by atoms with Crippen LogP contribution in [0.1, 0.15) is 16.7 Å². The van der Waals surface area contributed by atoms with Crippen LogP contribution in [0.2, 0.25) is 10.0 Å². The van der Waals surface area contributed by atoms with Crippen LogP contribution in [0, 0.1) is 6.92 Å². The molecule has 0 fully saturated rings. The molecular weight excluding hydrogens is 283 g/mol. The second kappa shape index (κ2) is 6.29. The van der Waals surface area contributed by atoms with Gasteiger partial charge in [0, 0.05) is 10.6 Å². The van der Waals surface area contributed by atoms with Gasteiger partial charge in [-0.2, -0.15) is 0 Å². The fourth-order valence-corrected chi connectivity index (χ4v) is 2.23. The van der Waals surface area contributed by atoms with Crippen molar-refractivity contribution in [2.75, 3.05) is 0 Å². The van der Waals surface area contributed by atoms with Crippen LogP contribution in [-0.4, -0.2) is 5.11 Å². The Morgan fingerprint density at radius 3 is 2.47 bits per heavy atom. The highest BCUT2D eigenvalue weighted by Gasteiger charge is 2.05. The lowest BCUT2D eigenvalue weighted by Crippen LogP contribution is -1.97. The van der Waals surface area contributed by atoms with E-state index >= 15 is 0 Å². The summed E-state index contributed by atoms with van der Waals surface area (Å²) >= 11 is 12.2. The van der Waals surface area contributed by atoms with E-state index in [1.54, 1.807) is 18.2 Å². The minimum atomic E-state index is -0.0379. The van der Waals surface area contributed by atoms with Gasteiger partial charge in [0.05, 0.1) is 11.6 Å². The van der Waals surface area contributed by atoms with Crippen molar-refractivity contribution in [2.45, 2.75) is 20.1 Å². The highest BCUT2D eigenvalue weighted by Crippen LogP contribution is 2.27. The molecule has 4 heteroatoms. The number of benzene rings is 2. The number of aliphatic hydroxyl groups excluding tert-OH is 1. The summed E-state index contributed by atoms with van der Waals surface area (Å²) in [5, 5.41) is 10.2. The first-order chi connectivity index (χ1) is 9.10. The third-order valence-corrected chi connectivity index (χ3v) is 3.42. The van der Waals surface area contributed by atoms with Crippen LogP contribution in [0.25, 0.3) is 0 Å². The van der Waals surface area contributed by atoms with Gasteiger partial charge in [-0.3, -0.25) is 0 Å². The number of rotatable bonds is 4. The first-order valence-electron chi connectivity index (χ1n) is 5.87. The normalized spacial score (nSPS) is 10.5. The summed E-state index contributed by atoms with van der Waals surface area (Å²) in [4.78, 5) is 0. The molecule has 0 aromatic heterocycles. The topological polar surface area (TPSA) is 29.5 Å². The molecule has 2 aromatic rings. The summed E-state index contributed by atoms with van der Waals surface area (Å²) in [7, 11) is 0. The van der Waals surface area contributed by atoms with Crippen molar-refractivity contribution in [3.8, 4) is 5.75 Å². The minimum Gasteiger partial charge on any atom is -0.487 e. The monoisotopic (exact) mass is 296 g/mol. The fourth-order valence-electron chi connectivity index (χ4n) is 1.68. The van der Waals surface area contributed by atoms with Gasteiger partial charge in [0.1, 0.15) is 12.4 Å². The fraction of sp³-hybridized carbons (Fsp3) is 0.200. The van der Waals surface area contributed by atoms with E-state index in [1.807, 2.05) is 25.1 Å². The van der Waals surface area contributed by atoms with Crippen LogP contribution in [-0.2, 0) is 13.2 Å². The van der Waals surface area contributed by atoms with Gasteiger partial charge < -0.3 is 9.84 Å². The van der Waals surface area contributed by atoms with Crippen molar-refractivity contribution in [1.82, 2.24) is 0 Å². The number of hydrogen-bond acceptors (Lipinski definition) is 2. The van der Waals surface area contributed by atoms with Crippen molar-refractivity contribution in [3.63, 3.8) is 0 Å². The minimum absolute atomic E-state index is 0.0379. The van der Waals surface area contributed by atoms with Crippen LogP contribution in [0.5, 0.6) is 5.75 Å². The summed E-state index contributed by atoms with van der Waals surface area (Å²) in [6, 6.07) is 11.0. The van der Waals surface area contributed by atoms with Crippen molar-refractivity contribution in [3.05, 3.63) is 63.1 Å². The molecule has 0 unspecified atom stereocenters. The van der Waals surface area contributed by atoms with Gasteiger partial charge in [-0.15, -0.1) is 0 Å². The van der Waals surface area contributed by atoms with Crippen LogP contribution in [0.4, 0.5) is 0 Å². The van der Waals surface area contributed by atoms with Crippen LogP contribution in [0.3, 0.4) is 0 Å². The van der Waals surface area contributed by atoms with Gasteiger partial charge in [-0.25, -0.2) is 0 Å². The van der Waals surface area contributed by atoms with E-state index < -0.39 is 0 Å². The number of hydrogen-bond donors (Lipinski definition) is 1. The van der Waals surface area contributed by atoms with Crippen LogP contribution < -0.4 is 4.74 Å². The van der Waals surface area contributed by atoms with Crippen molar-refractivity contribution >= 4 is 23.2 Å². The van der Waals surface area contributed by atoms with E-state index in [1.165, 1.54) is 0 Å². The maximum absolute atomic E-state index is 9.01. The summed E-state index contributed by atoms with van der Waals surface area (Å²) in [6.45, 7) is 2.31. The van der Waals surface area contributed by atoms with Crippen LogP contribution in [0.15, 0.2) is 36.4 Å². The molecule has 0 radical (unpaired) electrons. The van der Waals surface area contributed by atoms with Crippen molar-refractivity contribution in [2.24, 2.45) is 0 Å². The van der Waals surface area contributed by atoms with E-state index in [-0.39, 0.29) is 6.61 Å². The molecule has 0 amide bonds. The molecule has 0 bridgehead atoms. The van der Waals surface area contributed by atoms with Crippen LogP contribution >= 0.6 is 23.2 Å². The Morgan fingerprint density at radius 2 is 1.84 bits per heavy atom. The summed E-state index contributed by atoms with van der Waals surface area (Å²) in [5.74, 6) is 0.579. The average Bonchev–Trinajstić information content (AvgIpc) is 2.39. The maximum atomic E-state index is 9.01.